The van der Waals surface area contributed by atoms with Crippen molar-refractivity contribution in [3.05, 3.63) is 169 Å². The predicted octanol–water partition coefficient (Wildman–Crippen LogP) is 7.06. The van der Waals surface area contributed by atoms with Crippen molar-refractivity contribution in [1.82, 2.24) is 19.8 Å². The number of β-lactam (4-membered cyclic amide) rings is 1. The van der Waals surface area contributed by atoms with E-state index in [0.717, 1.165) is 15.9 Å². The number of halogens is 1. The molecule has 64 heavy (non-hydrogen) atoms. The number of likely N-dealkylation sites (tertiary alicyclic amines) is 1. The lowest BCUT2D eigenvalue weighted by molar-refractivity contribution is -0.156. The van der Waals surface area contributed by atoms with E-state index in [9.17, 15) is 19.2 Å². The Morgan fingerprint density at radius 1 is 0.859 bits per heavy atom. The number of esters is 1. The van der Waals surface area contributed by atoms with Crippen molar-refractivity contribution >= 4 is 77.8 Å². The summed E-state index contributed by atoms with van der Waals surface area (Å²) in [5, 5.41) is 5.40. The molecule has 0 spiro atoms. The molecule has 0 saturated carbocycles. The van der Waals surface area contributed by atoms with Gasteiger partial charge in [0.2, 0.25) is 11.8 Å². The second-order valence-corrected chi connectivity index (χ2v) is 24.3. The van der Waals surface area contributed by atoms with Gasteiger partial charge in [-0.3, -0.25) is 14.4 Å². The van der Waals surface area contributed by atoms with Gasteiger partial charge in [-0.1, -0.05) is 140 Å². The Bertz CT molecular complexity index is 2480. The number of imidazole rings is 1. The summed E-state index contributed by atoms with van der Waals surface area (Å²) in [7, 11) is -2.21. The molecular formula is C49H52ClN4O8PSi. The van der Waals surface area contributed by atoms with Gasteiger partial charge in [0, 0.05) is 23.9 Å². The first-order valence-electron chi connectivity index (χ1n) is 20.8. The second-order valence-electron chi connectivity index (χ2n) is 16.1. The number of ketones is 1. The highest BCUT2D eigenvalue weighted by Gasteiger charge is 2.56. The zero-order chi connectivity index (χ0) is 46.0. The van der Waals surface area contributed by atoms with Crippen molar-refractivity contribution < 1.29 is 37.9 Å². The lowest BCUT2D eigenvalue weighted by Crippen LogP contribution is -2.69. The summed E-state index contributed by atoms with van der Waals surface area (Å²) < 4.78 is 18.7. The fraction of sp³-hybridized carbons (Fsp3) is 0.245. The number of rotatable bonds is 19. The SMILES string of the molecule is C=CCOC(=O)C(N1C(=O)[C@H]([C@@H](C)O[Si](C)(C)C)[C@H]1CC(=O)c1ccc(CC(=O)NCc2cncn2C(=O)OCC=C)c(Cl)c1)=P(c1ccccc1)(c1ccccc1)c1ccccc1. The summed E-state index contributed by atoms with van der Waals surface area (Å²) >= 11 is 6.76. The Kier molecular flexibility index (Phi) is 15.6. The number of hydrogen-bond acceptors (Lipinski definition) is 9. The molecule has 1 aliphatic rings. The van der Waals surface area contributed by atoms with E-state index in [2.05, 4.69) is 23.5 Å². The molecule has 0 radical (unpaired) electrons. The minimum absolute atomic E-state index is 0.00362. The zero-order valence-electron chi connectivity index (χ0n) is 36.3. The Labute approximate surface area is 380 Å². The number of benzene rings is 4. The van der Waals surface area contributed by atoms with Gasteiger partial charge in [-0.25, -0.2) is 19.1 Å². The third-order valence-electron chi connectivity index (χ3n) is 10.6. The topological polar surface area (TPSA) is 146 Å². The molecule has 0 bridgehead atoms. The largest absolute Gasteiger partial charge is 0.457 e. The Hall–Kier alpha value is -6.11. The summed E-state index contributed by atoms with van der Waals surface area (Å²) in [6, 6.07) is 32.9. The smallest absolute Gasteiger partial charge is 0.419 e. The highest BCUT2D eigenvalue weighted by molar-refractivity contribution is 7.96. The van der Waals surface area contributed by atoms with E-state index >= 15 is 4.79 Å². The number of aromatic nitrogens is 2. The quantitative estimate of drug-likeness (QED) is 0.0230. The predicted molar refractivity (Wildman–Crippen MR) is 254 cm³/mol. The second kappa shape index (κ2) is 21.0. The van der Waals surface area contributed by atoms with Gasteiger partial charge in [-0.15, -0.1) is 0 Å². The maximum Gasteiger partial charge on any atom is 0.419 e. The molecule has 1 aromatic heterocycles. The summed E-state index contributed by atoms with van der Waals surface area (Å²) in [5.41, 5.74) is 1.28. The van der Waals surface area contributed by atoms with Crippen LogP contribution in [-0.2, 0) is 41.2 Å². The van der Waals surface area contributed by atoms with E-state index in [0.29, 0.717) is 11.3 Å². The Balaban J connectivity index is 1.40. The van der Waals surface area contributed by atoms with E-state index in [1.807, 2.05) is 118 Å². The van der Waals surface area contributed by atoms with Crippen LogP contribution in [0.3, 0.4) is 0 Å². The molecule has 2 amide bonds. The van der Waals surface area contributed by atoms with Crippen LogP contribution in [0.5, 0.6) is 0 Å². The first-order valence-corrected chi connectivity index (χ1v) is 26.4. The van der Waals surface area contributed by atoms with Crippen molar-refractivity contribution in [2.24, 2.45) is 5.92 Å². The van der Waals surface area contributed by atoms with Gasteiger partial charge in [0.25, 0.3) is 0 Å². The van der Waals surface area contributed by atoms with Gasteiger partial charge in [0.15, 0.2) is 14.1 Å². The first-order chi connectivity index (χ1) is 30.7. The van der Waals surface area contributed by atoms with E-state index in [-0.39, 0.29) is 66.2 Å². The molecule has 15 heteroatoms. The van der Waals surface area contributed by atoms with Crippen LogP contribution in [0, 0.1) is 5.92 Å². The van der Waals surface area contributed by atoms with Crippen molar-refractivity contribution in [2.75, 3.05) is 13.2 Å². The molecule has 332 valence electrons. The van der Waals surface area contributed by atoms with Gasteiger partial charge >= 0.3 is 12.1 Å². The summed E-state index contributed by atoms with van der Waals surface area (Å²) in [4.78, 5) is 75.5. The molecule has 1 saturated heterocycles. The number of ether oxygens (including phenoxy) is 2. The molecule has 3 atom stereocenters. The number of carbonyl (C=O) groups excluding carboxylic acids is 5. The van der Waals surface area contributed by atoms with Gasteiger partial charge < -0.3 is 24.1 Å². The van der Waals surface area contributed by atoms with Gasteiger partial charge in [-0.05, 0) is 54.1 Å². The van der Waals surface area contributed by atoms with Crippen LogP contribution in [-0.4, -0.2) is 83.2 Å². The zero-order valence-corrected chi connectivity index (χ0v) is 39.0. The van der Waals surface area contributed by atoms with Crippen LogP contribution >= 0.6 is 18.5 Å². The van der Waals surface area contributed by atoms with Crippen LogP contribution < -0.4 is 21.2 Å². The lowest BCUT2D eigenvalue weighted by Gasteiger charge is -2.52. The molecule has 4 aromatic carbocycles. The van der Waals surface area contributed by atoms with Gasteiger partial charge in [-0.2, -0.15) is 0 Å². The summed E-state index contributed by atoms with van der Waals surface area (Å²) in [5.74, 6) is -2.54. The minimum Gasteiger partial charge on any atom is -0.457 e. The molecule has 1 fully saturated rings. The van der Waals surface area contributed by atoms with Crippen molar-refractivity contribution in [1.29, 1.82) is 0 Å². The highest BCUT2D eigenvalue weighted by Crippen LogP contribution is 2.50. The molecule has 0 unspecified atom stereocenters. The van der Waals surface area contributed by atoms with E-state index in [1.165, 1.54) is 40.2 Å². The molecular weight excluding hydrogens is 867 g/mol. The number of carbonyl (C=O) groups is 5. The van der Waals surface area contributed by atoms with E-state index in [4.69, 9.17) is 25.5 Å². The van der Waals surface area contributed by atoms with Crippen molar-refractivity contribution in [2.45, 2.75) is 58.1 Å². The number of Topliss-reactive ketones (excluding diaryl/α,β-unsaturated/α-hetero) is 1. The van der Waals surface area contributed by atoms with E-state index in [1.54, 1.807) is 12.1 Å². The maximum atomic E-state index is 15.0. The maximum absolute atomic E-state index is 15.0. The van der Waals surface area contributed by atoms with Crippen LogP contribution in [0.2, 0.25) is 24.7 Å². The fourth-order valence-corrected chi connectivity index (χ4v) is 13.9. The summed E-state index contributed by atoms with van der Waals surface area (Å²) in [6.07, 6.45) is 4.13. The van der Waals surface area contributed by atoms with Crippen molar-refractivity contribution in [3.8, 4) is 0 Å². The Morgan fingerprint density at radius 3 is 1.95 bits per heavy atom. The number of nitrogens with one attached hydrogen (secondary N) is 1. The third kappa shape index (κ3) is 10.5. The standard InChI is InChI=1S/C49H52ClN4O8PSi/c1-7-26-60-48(58)47(63(38-18-12-9-13-19-38,39-20-14-10-15-21-39)40-22-16-11-17-23-40)54-42(45(46(54)57)34(3)62-64(4,5)6)30-43(55)36-25-24-35(41(50)28-36)29-44(56)52-32-37-31-51-33-53(37)49(59)61-27-8-2/h7-25,28,31,33-34,42,45H,1-2,26-27,29-30,32H2,3-6H3,(H,52,56)/t34-,42-,45-/m1/s1. The van der Waals surface area contributed by atoms with Gasteiger partial charge in [0.1, 0.15) is 25.0 Å². The first kappa shape index (κ1) is 47.4. The van der Waals surface area contributed by atoms with Crippen LogP contribution in [0.1, 0.15) is 35.0 Å². The average molecular weight is 919 g/mol. The highest BCUT2D eigenvalue weighted by atomic mass is 35.5. The normalized spacial score (nSPS) is 15.3. The Morgan fingerprint density at radius 2 is 1.42 bits per heavy atom. The number of hydrogen-bond donors (Lipinski definition) is 1. The molecule has 12 nitrogen and oxygen atoms in total. The molecule has 0 aliphatic carbocycles. The van der Waals surface area contributed by atoms with Gasteiger partial charge in [0.05, 0.1) is 42.9 Å². The summed E-state index contributed by atoms with van der Waals surface area (Å²) in [6.45, 7) is 11.9. The molecule has 1 aliphatic heterocycles. The monoisotopic (exact) mass is 918 g/mol. The van der Waals surface area contributed by atoms with Crippen molar-refractivity contribution in [3.63, 3.8) is 0 Å². The number of amides is 2. The van der Waals surface area contributed by atoms with E-state index < -0.39 is 45.3 Å². The van der Waals surface area contributed by atoms with Crippen LogP contribution in [0.25, 0.3) is 0 Å². The molecule has 5 aromatic rings. The average Bonchev–Trinajstić information content (AvgIpc) is 3.76. The number of nitrogens with zero attached hydrogens (tertiary/aromatic N) is 3. The molecule has 2 heterocycles. The van der Waals surface area contributed by atoms with Crippen LogP contribution in [0.15, 0.2) is 147 Å². The minimum atomic E-state index is -3.25. The van der Waals surface area contributed by atoms with Crippen LogP contribution in [0.4, 0.5) is 4.79 Å². The third-order valence-corrected chi connectivity index (χ3v) is 16.3. The fourth-order valence-electron chi connectivity index (χ4n) is 7.97. The molecule has 1 N–H and O–H groups in total. The molecule has 6 rings (SSSR count). The lowest BCUT2D eigenvalue weighted by atomic mass is 9.79.